The maximum Gasteiger partial charge on any atom is 0.0539 e. The quantitative estimate of drug-likeness (QED) is 0.440. The van der Waals surface area contributed by atoms with E-state index >= 15 is 0 Å². The molecular weight excluding hydrogens is 232 g/mol. The minimum atomic E-state index is -1.13. The first kappa shape index (κ1) is 15.2. The Morgan fingerprint density at radius 2 is 1.56 bits per heavy atom. The average Bonchev–Trinajstić information content (AvgIpc) is 2.46. The standard InChI is InChI=1S/C17H28Si/c1-6-17(5,16-13-11-10-12-14-16)15-18(7-2,8-3)9-4/h6,10-14H,1,7-9,15H2,2-5H3/t17-/m1/s1. The Bertz CT molecular complexity index is 356. The van der Waals surface area contributed by atoms with Gasteiger partial charge in [0.25, 0.3) is 0 Å². The molecule has 0 saturated heterocycles. The second-order valence-electron chi connectivity index (χ2n) is 5.73. The summed E-state index contributed by atoms with van der Waals surface area (Å²) in [5.74, 6) is 0. The topological polar surface area (TPSA) is 0 Å². The molecule has 0 amide bonds. The van der Waals surface area contributed by atoms with Crippen LogP contribution in [0, 0.1) is 0 Å². The molecule has 0 aliphatic carbocycles. The van der Waals surface area contributed by atoms with Gasteiger partial charge in [-0.1, -0.05) is 82.2 Å². The third-order valence-electron chi connectivity index (χ3n) is 4.88. The summed E-state index contributed by atoms with van der Waals surface area (Å²) in [7, 11) is -1.13. The van der Waals surface area contributed by atoms with Gasteiger partial charge in [-0.05, 0) is 11.6 Å². The van der Waals surface area contributed by atoms with Crippen molar-refractivity contribution in [3.05, 3.63) is 48.6 Å². The van der Waals surface area contributed by atoms with Crippen LogP contribution in [-0.4, -0.2) is 8.07 Å². The fourth-order valence-electron chi connectivity index (χ4n) is 3.01. The average molecular weight is 260 g/mol. The van der Waals surface area contributed by atoms with E-state index in [-0.39, 0.29) is 5.41 Å². The molecule has 0 bridgehead atoms. The van der Waals surface area contributed by atoms with Crippen molar-refractivity contribution in [1.82, 2.24) is 0 Å². The number of hydrogen-bond donors (Lipinski definition) is 0. The van der Waals surface area contributed by atoms with Crippen molar-refractivity contribution in [3.63, 3.8) is 0 Å². The fourth-order valence-corrected chi connectivity index (χ4v) is 7.17. The summed E-state index contributed by atoms with van der Waals surface area (Å²) in [4.78, 5) is 0. The minimum absolute atomic E-state index is 0.148. The van der Waals surface area contributed by atoms with Crippen LogP contribution >= 0.6 is 0 Å². The van der Waals surface area contributed by atoms with Gasteiger partial charge in [-0.2, -0.15) is 0 Å². The van der Waals surface area contributed by atoms with Gasteiger partial charge in [-0.3, -0.25) is 0 Å². The molecule has 0 spiro atoms. The van der Waals surface area contributed by atoms with Crippen LogP contribution in [0.25, 0.3) is 0 Å². The van der Waals surface area contributed by atoms with Crippen LogP contribution in [0.4, 0.5) is 0 Å². The predicted molar refractivity (Wildman–Crippen MR) is 86.0 cm³/mol. The molecule has 0 aliphatic heterocycles. The van der Waals surface area contributed by atoms with Gasteiger partial charge >= 0.3 is 0 Å². The first-order valence-electron chi connectivity index (χ1n) is 7.25. The van der Waals surface area contributed by atoms with Crippen LogP contribution in [-0.2, 0) is 5.41 Å². The van der Waals surface area contributed by atoms with Crippen LogP contribution in [0.15, 0.2) is 43.0 Å². The number of rotatable bonds is 7. The Hall–Kier alpha value is -0.823. The van der Waals surface area contributed by atoms with E-state index < -0.39 is 8.07 Å². The highest BCUT2D eigenvalue weighted by Gasteiger charge is 2.35. The third kappa shape index (κ3) is 3.14. The van der Waals surface area contributed by atoms with E-state index in [4.69, 9.17) is 0 Å². The molecule has 100 valence electrons. The number of allylic oxidation sites excluding steroid dienone is 1. The zero-order valence-electron chi connectivity index (χ0n) is 12.5. The zero-order chi connectivity index (χ0) is 13.6. The summed E-state index contributed by atoms with van der Waals surface area (Å²) in [6.07, 6.45) is 2.17. The molecule has 1 aromatic carbocycles. The van der Waals surface area contributed by atoms with Crippen LogP contribution < -0.4 is 0 Å². The molecule has 0 saturated carbocycles. The Kier molecular flexibility index (Phi) is 5.40. The molecule has 0 aromatic heterocycles. The van der Waals surface area contributed by atoms with E-state index in [1.165, 1.54) is 29.7 Å². The van der Waals surface area contributed by atoms with Crippen molar-refractivity contribution < 1.29 is 0 Å². The summed E-state index contributed by atoms with van der Waals surface area (Å²) in [6, 6.07) is 16.4. The molecule has 1 atom stereocenters. The number of hydrogen-bond acceptors (Lipinski definition) is 0. The normalized spacial score (nSPS) is 15.1. The van der Waals surface area contributed by atoms with Crippen LogP contribution in [0.3, 0.4) is 0 Å². The van der Waals surface area contributed by atoms with Gasteiger partial charge in [0.15, 0.2) is 0 Å². The zero-order valence-corrected chi connectivity index (χ0v) is 13.5. The summed E-state index contributed by atoms with van der Waals surface area (Å²) in [6.45, 7) is 13.6. The van der Waals surface area contributed by atoms with Crippen LogP contribution in [0.1, 0.15) is 33.3 Å². The van der Waals surface area contributed by atoms with E-state index in [0.29, 0.717) is 0 Å². The van der Waals surface area contributed by atoms with E-state index in [2.05, 4.69) is 70.7 Å². The molecule has 0 radical (unpaired) electrons. The molecule has 1 rings (SSSR count). The highest BCUT2D eigenvalue weighted by Crippen LogP contribution is 2.39. The lowest BCUT2D eigenvalue weighted by Gasteiger charge is -2.38. The minimum Gasteiger partial charge on any atom is -0.102 e. The number of benzene rings is 1. The molecule has 0 nitrogen and oxygen atoms in total. The monoisotopic (exact) mass is 260 g/mol. The Labute approximate surface area is 114 Å². The fraction of sp³-hybridized carbons (Fsp3) is 0.529. The lowest BCUT2D eigenvalue weighted by molar-refractivity contribution is 0.651. The Morgan fingerprint density at radius 1 is 1.06 bits per heavy atom. The predicted octanol–water partition coefficient (Wildman–Crippen LogP) is 5.64. The van der Waals surface area contributed by atoms with Crippen molar-refractivity contribution >= 4 is 8.07 Å². The smallest absolute Gasteiger partial charge is 0.0539 e. The first-order chi connectivity index (χ1) is 8.55. The largest absolute Gasteiger partial charge is 0.102 e. The highest BCUT2D eigenvalue weighted by molar-refractivity contribution is 6.79. The van der Waals surface area contributed by atoms with E-state index in [9.17, 15) is 0 Å². The summed E-state index contributed by atoms with van der Waals surface area (Å²) in [5.41, 5.74) is 1.57. The van der Waals surface area contributed by atoms with Crippen molar-refractivity contribution in [2.24, 2.45) is 0 Å². The van der Waals surface area contributed by atoms with E-state index in [0.717, 1.165) is 0 Å². The van der Waals surface area contributed by atoms with Crippen LogP contribution in [0.2, 0.25) is 24.2 Å². The van der Waals surface area contributed by atoms with Gasteiger partial charge < -0.3 is 0 Å². The Balaban J connectivity index is 3.06. The molecular formula is C17H28Si. The molecule has 0 unspecified atom stereocenters. The van der Waals surface area contributed by atoms with Crippen molar-refractivity contribution in [1.29, 1.82) is 0 Å². The van der Waals surface area contributed by atoms with Gasteiger partial charge in [0.2, 0.25) is 0 Å². The molecule has 0 fully saturated rings. The molecule has 0 heterocycles. The summed E-state index contributed by atoms with van der Waals surface area (Å²) < 4.78 is 0. The second-order valence-corrected chi connectivity index (χ2v) is 11.2. The highest BCUT2D eigenvalue weighted by atomic mass is 28.3. The van der Waals surface area contributed by atoms with Crippen molar-refractivity contribution in [3.8, 4) is 0 Å². The molecule has 1 heteroatoms. The van der Waals surface area contributed by atoms with Gasteiger partial charge in [0.05, 0.1) is 8.07 Å². The van der Waals surface area contributed by atoms with Crippen molar-refractivity contribution in [2.75, 3.05) is 0 Å². The summed E-state index contributed by atoms with van der Waals surface area (Å²) >= 11 is 0. The van der Waals surface area contributed by atoms with Gasteiger partial charge in [0, 0.05) is 5.41 Å². The van der Waals surface area contributed by atoms with Gasteiger partial charge in [-0.25, -0.2) is 0 Å². The molecule has 1 aromatic rings. The SMILES string of the molecule is C=C[C@](C)(C[Si](CC)(CC)CC)c1ccccc1. The lowest BCUT2D eigenvalue weighted by Crippen LogP contribution is -2.39. The van der Waals surface area contributed by atoms with Gasteiger partial charge in [-0.15, -0.1) is 6.58 Å². The first-order valence-corrected chi connectivity index (χ1v) is 10.1. The Morgan fingerprint density at radius 3 is 1.94 bits per heavy atom. The van der Waals surface area contributed by atoms with E-state index in [1.54, 1.807) is 0 Å². The van der Waals surface area contributed by atoms with Crippen LogP contribution in [0.5, 0.6) is 0 Å². The lowest BCUT2D eigenvalue weighted by atomic mass is 9.85. The van der Waals surface area contributed by atoms with E-state index in [1.807, 2.05) is 0 Å². The maximum absolute atomic E-state index is 4.12. The maximum atomic E-state index is 4.12. The van der Waals surface area contributed by atoms with Crippen molar-refractivity contribution in [2.45, 2.75) is 57.3 Å². The second kappa shape index (κ2) is 6.37. The third-order valence-corrected chi connectivity index (χ3v) is 10.9. The van der Waals surface area contributed by atoms with Gasteiger partial charge in [0.1, 0.15) is 0 Å². The summed E-state index contributed by atoms with van der Waals surface area (Å²) in [5, 5.41) is 0. The molecule has 0 aliphatic rings. The molecule has 18 heavy (non-hydrogen) atoms. The molecule has 0 N–H and O–H groups in total.